The van der Waals surface area contributed by atoms with Gasteiger partial charge in [-0.2, -0.15) is 5.26 Å². The second-order valence-electron chi connectivity index (χ2n) is 5.46. The lowest BCUT2D eigenvalue weighted by molar-refractivity contribution is 0.330. The fraction of sp³-hybridized carbons (Fsp3) is 0.500. The van der Waals surface area contributed by atoms with Gasteiger partial charge in [0.2, 0.25) is 0 Å². The molecule has 0 fully saturated rings. The Labute approximate surface area is 112 Å². The summed E-state index contributed by atoms with van der Waals surface area (Å²) in [7, 11) is 2.07. The zero-order chi connectivity index (χ0) is 13.2. The van der Waals surface area contributed by atoms with Crippen molar-refractivity contribution in [2.75, 3.05) is 11.9 Å². The van der Waals surface area contributed by atoms with Crippen molar-refractivity contribution in [3.05, 3.63) is 28.2 Å². The largest absolute Gasteiger partial charge is 0.371 e. The van der Waals surface area contributed by atoms with Gasteiger partial charge in [-0.3, -0.25) is 0 Å². The molecular weight excluding hydrogens is 276 g/mol. The van der Waals surface area contributed by atoms with Gasteiger partial charge in [0.25, 0.3) is 0 Å². The van der Waals surface area contributed by atoms with Gasteiger partial charge in [0.1, 0.15) is 0 Å². The number of hydrogen-bond acceptors (Lipinski definition) is 2. The van der Waals surface area contributed by atoms with Crippen LogP contribution >= 0.6 is 15.9 Å². The highest BCUT2D eigenvalue weighted by molar-refractivity contribution is 9.10. The van der Waals surface area contributed by atoms with Gasteiger partial charge in [0.15, 0.2) is 0 Å². The minimum absolute atomic E-state index is 0.198. The van der Waals surface area contributed by atoms with Crippen LogP contribution in [0.3, 0.4) is 0 Å². The van der Waals surface area contributed by atoms with Crippen molar-refractivity contribution < 1.29 is 0 Å². The highest BCUT2D eigenvalue weighted by atomic mass is 79.9. The van der Waals surface area contributed by atoms with Crippen LogP contribution < -0.4 is 4.90 Å². The summed E-state index contributed by atoms with van der Waals surface area (Å²) in [5.74, 6) is 0. The Morgan fingerprint density at radius 3 is 2.35 bits per heavy atom. The first-order valence-electron chi connectivity index (χ1n) is 5.69. The van der Waals surface area contributed by atoms with Crippen molar-refractivity contribution in [2.45, 2.75) is 33.7 Å². The summed E-state index contributed by atoms with van der Waals surface area (Å²) >= 11 is 3.44. The highest BCUT2D eigenvalue weighted by Crippen LogP contribution is 2.29. The fourth-order valence-corrected chi connectivity index (χ4v) is 2.13. The summed E-state index contributed by atoms with van der Waals surface area (Å²) in [6.45, 7) is 8.86. The van der Waals surface area contributed by atoms with Crippen LogP contribution in [0.15, 0.2) is 22.7 Å². The number of halogens is 1. The van der Waals surface area contributed by atoms with Crippen LogP contribution in [-0.4, -0.2) is 13.1 Å². The Kier molecular flexibility index (Phi) is 4.21. The smallest absolute Gasteiger partial charge is 0.0992 e. The molecule has 17 heavy (non-hydrogen) atoms. The third-order valence-electron chi connectivity index (χ3n) is 3.25. The van der Waals surface area contributed by atoms with Crippen LogP contribution in [0.1, 0.15) is 33.3 Å². The lowest BCUT2D eigenvalue weighted by Crippen LogP contribution is -2.39. The topological polar surface area (TPSA) is 27.0 Å². The molecule has 1 rings (SSSR count). The molecule has 0 aliphatic carbocycles. The molecule has 2 nitrogen and oxygen atoms in total. The fourth-order valence-electron chi connectivity index (χ4n) is 1.65. The minimum atomic E-state index is 0.198. The molecule has 0 aliphatic rings. The minimum Gasteiger partial charge on any atom is -0.371 e. The Morgan fingerprint density at radius 1 is 1.29 bits per heavy atom. The van der Waals surface area contributed by atoms with Crippen LogP contribution in [0.2, 0.25) is 0 Å². The number of nitriles is 1. The zero-order valence-electron chi connectivity index (χ0n) is 11.1. The van der Waals surface area contributed by atoms with Crippen LogP contribution in [0.4, 0.5) is 5.69 Å². The first-order valence-corrected chi connectivity index (χ1v) is 6.48. The molecule has 0 bridgehead atoms. The van der Waals surface area contributed by atoms with Crippen LogP contribution in [-0.2, 0) is 0 Å². The molecule has 0 spiro atoms. The van der Waals surface area contributed by atoms with E-state index in [0.29, 0.717) is 11.6 Å². The summed E-state index contributed by atoms with van der Waals surface area (Å²) in [5.41, 5.74) is 1.95. The number of benzene rings is 1. The molecule has 0 saturated heterocycles. The zero-order valence-corrected chi connectivity index (χ0v) is 12.7. The van der Waals surface area contributed by atoms with Crippen molar-refractivity contribution in [3.8, 4) is 6.07 Å². The summed E-state index contributed by atoms with van der Waals surface area (Å²) in [4.78, 5) is 2.21. The van der Waals surface area contributed by atoms with E-state index in [1.54, 1.807) is 0 Å². The summed E-state index contributed by atoms with van der Waals surface area (Å²) in [6.07, 6.45) is 0. The van der Waals surface area contributed by atoms with Gasteiger partial charge in [-0.1, -0.05) is 36.7 Å². The molecule has 1 aromatic rings. The maximum atomic E-state index is 8.98. The number of anilines is 1. The molecule has 0 heterocycles. The van der Waals surface area contributed by atoms with Crippen molar-refractivity contribution in [1.29, 1.82) is 5.26 Å². The lowest BCUT2D eigenvalue weighted by atomic mass is 9.87. The Hall–Kier alpha value is -1.01. The SMILES string of the molecule is CC(N(C)c1cc(Br)cc(C#N)c1)C(C)(C)C. The quantitative estimate of drug-likeness (QED) is 0.818. The molecule has 0 N–H and O–H groups in total. The Morgan fingerprint density at radius 2 is 1.88 bits per heavy atom. The molecule has 1 atom stereocenters. The van der Waals surface area contributed by atoms with Gasteiger partial charge in [0.05, 0.1) is 11.6 Å². The van der Waals surface area contributed by atoms with E-state index in [1.807, 2.05) is 18.2 Å². The second kappa shape index (κ2) is 5.10. The van der Waals surface area contributed by atoms with Gasteiger partial charge in [0, 0.05) is 23.2 Å². The molecule has 0 aromatic heterocycles. The Balaban J connectivity index is 3.09. The van der Waals surface area contributed by atoms with E-state index in [1.165, 1.54) is 0 Å². The highest BCUT2D eigenvalue weighted by Gasteiger charge is 2.24. The monoisotopic (exact) mass is 294 g/mol. The van der Waals surface area contributed by atoms with Crippen molar-refractivity contribution in [2.24, 2.45) is 5.41 Å². The number of nitrogens with zero attached hydrogens (tertiary/aromatic N) is 2. The van der Waals surface area contributed by atoms with Crippen LogP contribution in [0.5, 0.6) is 0 Å². The van der Waals surface area contributed by atoms with Crippen molar-refractivity contribution in [1.82, 2.24) is 0 Å². The first kappa shape index (κ1) is 14.1. The third-order valence-corrected chi connectivity index (χ3v) is 3.71. The second-order valence-corrected chi connectivity index (χ2v) is 6.38. The van der Waals surface area contributed by atoms with Crippen molar-refractivity contribution in [3.63, 3.8) is 0 Å². The van der Waals surface area contributed by atoms with Gasteiger partial charge in [-0.05, 0) is 30.5 Å². The van der Waals surface area contributed by atoms with Gasteiger partial charge >= 0.3 is 0 Å². The van der Waals surface area contributed by atoms with Crippen molar-refractivity contribution >= 4 is 21.6 Å². The number of rotatable bonds is 2. The van der Waals surface area contributed by atoms with Crippen LogP contribution in [0.25, 0.3) is 0 Å². The normalized spacial score (nSPS) is 13.0. The summed E-state index contributed by atoms with van der Waals surface area (Å²) < 4.78 is 0.944. The molecule has 0 radical (unpaired) electrons. The van der Waals surface area contributed by atoms with E-state index in [4.69, 9.17) is 5.26 Å². The lowest BCUT2D eigenvalue weighted by Gasteiger charge is -2.37. The van der Waals surface area contributed by atoms with E-state index in [-0.39, 0.29) is 5.41 Å². The average Bonchev–Trinajstić information content (AvgIpc) is 2.24. The average molecular weight is 295 g/mol. The molecule has 0 amide bonds. The van der Waals surface area contributed by atoms with Gasteiger partial charge < -0.3 is 4.90 Å². The molecule has 1 unspecified atom stereocenters. The standard InChI is InChI=1S/C14H19BrN2/c1-10(14(2,3)4)17(5)13-7-11(9-16)6-12(15)8-13/h6-8,10H,1-5H3. The molecule has 0 saturated carbocycles. The van der Waals surface area contributed by atoms with Gasteiger partial charge in [-0.25, -0.2) is 0 Å². The number of hydrogen-bond donors (Lipinski definition) is 0. The van der Waals surface area contributed by atoms with E-state index in [9.17, 15) is 0 Å². The van der Waals surface area contributed by atoms with E-state index >= 15 is 0 Å². The summed E-state index contributed by atoms with van der Waals surface area (Å²) in [5, 5.41) is 8.98. The Bertz CT molecular complexity index is 441. The molecule has 0 aliphatic heterocycles. The van der Waals surface area contributed by atoms with Gasteiger partial charge in [-0.15, -0.1) is 0 Å². The molecule has 1 aromatic carbocycles. The van der Waals surface area contributed by atoms with E-state index in [2.05, 4.69) is 61.6 Å². The first-order chi connectivity index (χ1) is 7.75. The molecular formula is C14H19BrN2. The van der Waals surface area contributed by atoms with Crippen LogP contribution in [0, 0.1) is 16.7 Å². The van der Waals surface area contributed by atoms with E-state index < -0.39 is 0 Å². The third kappa shape index (κ3) is 3.47. The predicted octanol–water partition coefficient (Wildman–Crippen LogP) is 4.19. The maximum absolute atomic E-state index is 8.98. The molecule has 3 heteroatoms. The predicted molar refractivity (Wildman–Crippen MR) is 76.2 cm³/mol. The maximum Gasteiger partial charge on any atom is 0.0992 e. The van der Waals surface area contributed by atoms with E-state index in [0.717, 1.165) is 10.2 Å². The summed E-state index contributed by atoms with van der Waals surface area (Å²) in [6, 6.07) is 8.38. The molecule has 92 valence electrons.